The van der Waals surface area contributed by atoms with Crippen molar-refractivity contribution in [2.75, 3.05) is 5.73 Å². The van der Waals surface area contributed by atoms with Gasteiger partial charge in [0.15, 0.2) is 0 Å². The summed E-state index contributed by atoms with van der Waals surface area (Å²) in [6, 6.07) is 7.10. The molecule has 3 N–H and O–H groups in total. The minimum Gasteiger partial charge on any atom is -0.398 e. The Balaban J connectivity index is 2.21. The molecule has 110 valence electrons. The van der Waals surface area contributed by atoms with Crippen LogP contribution in [0.5, 0.6) is 0 Å². The number of benzene rings is 2. The van der Waals surface area contributed by atoms with Gasteiger partial charge in [0.2, 0.25) is 0 Å². The smallest absolute Gasteiger partial charge is 0.251 e. The Kier molecular flexibility index (Phi) is 4.43. The maximum atomic E-state index is 13.6. The molecule has 0 fully saturated rings. The Morgan fingerprint density at radius 1 is 1.24 bits per heavy atom. The van der Waals surface area contributed by atoms with E-state index >= 15 is 0 Å². The molecule has 3 nitrogen and oxygen atoms in total. The maximum Gasteiger partial charge on any atom is 0.251 e. The van der Waals surface area contributed by atoms with Crippen LogP contribution in [-0.2, 0) is 0 Å². The van der Waals surface area contributed by atoms with Crippen molar-refractivity contribution < 1.29 is 13.6 Å². The van der Waals surface area contributed by atoms with Crippen LogP contribution in [0.15, 0.2) is 36.4 Å². The largest absolute Gasteiger partial charge is 0.398 e. The molecule has 6 heteroatoms. The second-order valence-electron chi connectivity index (χ2n) is 4.57. The van der Waals surface area contributed by atoms with E-state index in [9.17, 15) is 13.6 Å². The molecule has 0 radical (unpaired) electrons. The fraction of sp³-hybridized carbons (Fsp3) is 0.133. The lowest BCUT2D eigenvalue weighted by Gasteiger charge is -2.16. The summed E-state index contributed by atoms with van der Waals surface area (Å²) in [5.74, 6) is -1.91. The number of rotatable bonds is 3. The van der Waals surface area contributed by atoms with Crippen molar-refractivity contribution in [3.8, 4) is 0 Å². The molecule has 2 aromatic carbocycles. The Morgan fingerprint density at radius 3 is 2.43 bits per heavy atom. The van der Waals surface area contributed by atoms with Crippen molar-refractivity contribution in [2.45, 2.75) is 13.0 Å². The maximum absolute atomic E-state index is 13.6. The topological polar surface area (TPSA) is 55.1 Å². The van der Waals surface area contributed by atoms with Crippen molar-refractivity contribution in [3.05, 3.63) is 64.2 Å². The number of halogens is 3. The predicted molar refractivity (Wildman–Crippen MR) is 78.1 cm³/mol. The van der Waals surface area contributed by atoms with E-state index < -0.39 is 23.6 Å². The molecular formula is C15H13ClF2N2O. The highest BCUT2D eigenvalue weighted by molar-refractivity contribution is 6.33. The Morgan fingerprint density at radius 2 is 1.86 bits per heavy atom. The lowest BCUT2D eigenvalue weighted by molar-refractivity contribution is 0.0939. The van der Waals surface area contributed by atoms with Crippen LogP contribution in [0.4, 0.5) is 14.5 Å². The molecule has 0 bridgehead atoms. The van der Waals surface area contributed by atoms with Crippen LogP contribution in [0.2, 0.25) is 5.02 Å². The molecule has 0 saturated carbocycles. The summed E-state index contributed by atoms with van der Waals surface area (Å²) in [5.41, 5.74) is 5.98. The van der Waals surface area contributed by atoms with Gasteiger partial charge in [-0.05, 0) is 37.3 Å². The second kappa shape index (κ2) is 6.10. The van der Waals surface area contributed by atoms with E-state index in [0.29, 0.717) is 5.69 Å². The van der Waals surface area contributed by atoms with Gasteiger partial charge in [-0.1, -0.05) is 17.7 Å². The first-order chi connectivity index (χ1) is 9.90. The third-order valence-corrected chi connectivity index (χ3v) is 3.37. The molecule has 0 saturated heterocycles. The van der Waals surface area contributed by atoms with Crippen LogP contribution in [0.1, 0.15) is 28.9 Å². The molecule has 0 aliphatic heterocycles. The molecule has 21 heavy (non-hydrogen) atoms. The molecule has 1 unspecified atom stereocenters. The monoisotopic (exact) mass is 310 g/mol. The van der Waals surface area contributed by atoms with E-state index in [2.05, 4.69) is 5.32 Å². The van der Waals surface area contributed by atoms with Gasteiger partial charge >= 0.3 is 0 Å². The number of nitrogens with two attached hydrogens (primary N) is 1. The van der Waals surface area contributed by atoms with Crippen LogP contribution in [-0.4, -0.2) is 5.91 Å². The number of amides is 1. The molecule has 0 aliphatic carbocycles. The number of anilines is 1. The Labute approximate surface area is 125 Å². The van der Waals surface area contributed by atoms with Crippen molar-refractivity contribution >= 4 is 23.2 Å². The lowest BCUT2D eigenvalue weighted by Crippen LogP contribution is -2.28. The number of carbonyl (C=O) groups excluding carboxylic acids is 1. The zero-order chi connectivity index (χ0) is 15.6. The van der Waals surface area contributed by atoms with E-state index in [0.717, 1.165) is 12.1 Å². The van der Waals surface area contributed by atoms with Gasteiger partial charge in [0, 0.05) is 11.1 Å². The highest BCUT2D eigenvalue weighted by Gasteiger charge is 2.18. The Bertz CT molecular complexity index is 671. The molecule has 0 spiro atoms. The minimum atomic E-state index is -0.824. The number of hydrogen-bond acceptors (Lipinski definition) is 2. The first-order valence-electron chi connectivity index (χ1n) is 6.20. The Hall–Kier alpha value is -2.14. The van der Waals surface area contributed by atoms with Crippen molar-refractivity contribution in [1.29, 1.82) is 0 Å². The highest BCUT2D eigenvalue weighted by atomic mass is 35.5. The van der Waals surface area contributed by atoms with Crippen LogP contribution in [0.3, 0.4) is 0 Å². The van der Waals surface area contributed by atoms with Gasteiger partial charge in [-0.25, -0.2) is 8.78 Å². The molecule has 2 rings (SSSR count). The average molecular weight is 311 g/mol. The fourth-order valence-corrected chi connectivity index (χ4v) is 2.13. The van der Waals surface area contributed by atoms with Crippen molar-refractivity contribution in [3.63, 3.8) is 0 Å². The van der Waals surface area contributed by atoms with E-state index in [1.165, 1.54) is 31.2 Å². The number of hydrogen-bond donors (Lipinski definition) is 2. The molecule has 2 aromatic rings. The van der Waals surface area contributed by atoms with Gasteiger partial charge in [0.25, 0.3) is 5.91 Å². The summed E-state index contributed by atoms with van der Waals surface area (Å²) >= 11 is 5.84. The van der Waals surface area contributed by atoms with E-state index in [4.69, 9.17) is 17.3 Å². The normalized spacial score (nSPS) is 12.0. The summed E-state index contributed by atoms with van der Waals surface area (Å²) in [4.78, 5) is 12.1. The van der Waals surface area contributed by atoms with Gasteiger partial charge in [-0.2, -0.15) is 0 Å². The molecule has 1 amide bonds. The molecule has 0 aromatic heterocycles. The third-order valence-electron chi connectivity index (χ3n) is 3.04. The second-order valence-corrected chi connectivity index (χ2v) is 4.97. The van der Waals surface area contributed by atoms with Crippen LogP contribution in [0.25, 0.3) is 0 Å². The van der Waals surface area contributed by atoms with Crippen molar-refractivity contribution in [1.82, 2.24) is 5.32 Å². The first-order valence-corrected chi connectivity index (χ1v) is 6.57. The number of carbonyl (C=O) groups is 1. The zero-order valence-electron chi connectivity index (χ0n) is 11.2. The summed E-state index contributed by atoms with van der Waals surface area (Å²) in [6.07, 6.45) is 0. The molecule has 0 aliphatic rings. The first kappa shape index (κ1) is 15.3. The fourth-order valence-electron chi connectivity index (χ4n) is 1.94. The van der Waals surface area contributed by atoms with Gasteiger partial charge < -0.3 is 11.1 Å². The average Bonchev–Trinajstić information content (AvgIpc) is 2.41. The standard InChI is InChI=1S/C15H13ClF2N2O/c1-8(14-11(17)3-2-4-12(14)18)20-15(21)9-5-6-13(19)10(16)7-9/h2-8H,19H2,1H3,(H,20,21). The summed E-state index contributed by atoms with van der Waals surface area (Å²) in [5, 5.41) is 2.77. The van der Waals surface area contributed by atoms with Crippen molar-refractivity contribution in [2.24, 2.45) is 0 Å². The van der Waals surface area contributed by atoms with Gasteiger partial charge in [0.1, 0.15) is 11.6 Å². The third kappa shape index (κ3) is 3.31. The molecular weight excluding hydrogens is 298 g/mol. The van der Waals surface area contributed by atoms with Gasteiger partial charge in [-0.15, -0.1) is 0 Å². The zero-order valence-corrected chi connectivity index (χ0v) is 11.9. The van der Waals surface area contributed by atoms with E-state index in [-0.39, 0.29) is 16.1 Å². The van der Waals surface area contributed by atoms with Gasteiger partial charge in [-0.3, -0.25) is 4.79 Å². The molecule has 1 atom stereocenters. The number of nitrogen functional groups attached to an aromatic ring is 1. The van der Waals surface area contributed by atoms with Crippen LogP contribution >= 0.6 is 11.6 Å². The predicted octanol–water partition coefficient (Wildman–Crippen LogP) is 3.69. The quantitative estimate of drug-likeness (QED) is 0.849. The summed E-state index contributed by atoms with van der Waals surface area (Å²) in [6.45, 7) is 1.50. The van der Waals surface area contributed by atoms with Crippen LogP contribution in [0, 0.1) is 11.6 Å². The lowest BCUT2D eigenvalue weighted by atomic mass is 10.1. The molecule has 0 heterocycles. The highest BCUT2D eigenvalue weighted by Crippen LogP contribution is 2.22. The van der Waals surface area contributed by atoms with E-state index in [1.54, 1.807) is 0 Å². The van der Waals surface area contributed by atoms with Gasteiger partial charge in [0.05, 0.1) is 16.8 Å². The SMILES string of the molecule is CC(NC(=O)c1ccc(N)c(Cl)c1)c1c(F)cccc1F. The minimum absolute atomic E-state index is 0.188. The summed E-state index contributed by atoms with van der Waals surface area (Å²) in [7, 11) is 0. The van der Waals surface area contributed by atoms with E-state index in [1.807, 2.05) is 0 Å². The number of nitrogens with one attached hydrogen (secondary N) is 1. The summed E-state index contributed by atoms with van der Waals surface area (Å²) < 4.78 is 27.3. The van der Waals surface area contributed by atoms with Crippen LogP contribution < -0.4 is 11.1 Å².